The fourth-order valence-corrected chi connectivity index (χ4v) is 2.06. The highest BCUT2D eigenvalue weighted by Gasteiger charge is 2.25. The molecule has 1 heterocycles. The first kappa shape index (κ1) is 13.5. The van der Waals surface area contributed by atoms with Crippen LogP contribution in [0.15, 0.2) is 12.3 Å². The lowest BCUT2D eigenvalue weighted by Crippen LogP contribution is -2.36. The van der Waals surface area contributed by atoms with Gasteiger partial charge in [-0.2, -0.15) is 5.26 Å². The number of pyridine rings is 1. The van der Waals surface area contributed by atoms with Gasteiger partial charge in [0.15, 0.2) is 0 Å². The number of rotatable bonds is 5. The van der Waals surface area contributed by atoms with Gasteiger partial charge in [-0.05, 0) is 37.8 Å². The van der Waals surface area contributed by atoms with Crippen molar-refractivity contribution >= 4 is 5.82 Å². The van der Waals surface area contributed by atoms with Crippen molar-refractivity contribution in [3.8, 4) is 6.07 Å². The van der Waals surface area contributed by atoms with E-state index in [2.05, 4.69) is 37.1 Å². The van der Waals surface area contributed by atoms with E-state index in [0.717, 1.165) is 30.6 Å². The maximum Gasteiger partial charge on any atom is 0.144 e. The van der Waals surface area contributed by atoms with Crippen LogP contribution >= 0.6 is 0 Å². The van der Waals surface area contributed by atoms with Crippen LogP contribution in [0.2, 0.25) is 0 Å². The van der Waals surface area contributed by atoms with Gasteiger partial charge in [0.2, 0.25) is 0 Å². The molecule has 0 amide bonds. The number of hydrogen-bond acceptors (Lipinski definition) is 3. The van der Waals surface area contributed by atoms with E-state index >= 15 is 0 Å². The van der Waals surface area contributed by atoms with Crippen molar-refractivity contribution in [2.24, 2.45) is 0 Å². The van der Waals surface area contributed by atoms with Crippen LogP contribution in [0.5, 0.6) is 0 Å². The van der Waals surface area contributed by atoms with Crippen LogP contribution in [-0.2, 0) is 0 Å². The number of nitriles is 1. The summed E-state index contributed by atoms with van der Waals surface area (Å²) in [6, 6.07) is 4.10. The van der Waals surface area contributed by atoms with E-state index < -0.39 is 0 Å². The smallest absolute Gasteiger partial charge is 0.144 e. The third-order valence-electron chi connectivity index (χ3n) is 3.69. The van der Waals surface area contributed by atoms with Gasteiger partial charge in [0.1, 0.15) is 11.9 Å². The molecule has 17 heavy (non-hydrogen) atoms. The molecule has 0 aliphatic rings. The lowest BCUT2D eigenvalue weighted by Gasteiger charge is -2.32. The minimum atomic E-state index is 0.0480. The summed E-state index contributed by atoms with van der Waals surface area (Å²) in [6.45, 7) is 8.45. The standard InChI is InChI=1S/C14H21N3/c1-5-14(6-2,7-3)17-13-12(10-15)11(4)8-9-16-13/h8-9H,5-7H2,1-4H3,(H,16,17). The first-order valence-electron chi connectivity index (χ1n) is 6.26. The van der Waals surface area contributed by atoms with Crippen molar-refractivity contribution in [1.82, 2.24) is 4.98 Å². The molecular weight excluding hydrogens is 210 g/mol. The molecule has 0 saturated carbocycles. The van der Waals surface area contributed by atoms with Crippen LogP contribution in [0, 0.1) is 18.3 Å². The lowest BCUT2D eigenvalue weighted by atomic mass is 9.89. The summed E-state index contributed by atoms with van der Waals surface area (Å²) in [6.07, 6.45) is 4.84. The summed E-state index contributed by atoms with van der Waals surface area (Å²) >= 11 is 0. The molecular formula is C14H21N3. The van der Waals surface area contributed by atoms with E-state index in [1.807, 2.05) is 13.0 Å². The molecule has 0 saturated heterocycles. The number of nitrogens with zero attached hydrogens (tertiary/aromatic N) is 2. The second-order valence-electron chi connectivity index (χ2n) is 4.43. The highest BCUT2D eigenvalue weighted by Crippen LogP contribution is 2.27. The van der Waals surface area contributed by atoms with Crippen LogP contribution in [-0.4, -0.2) is 10.5 Å². The summed E-state index contributed by atoms with van der Waals surface area (Å²) in [5.74, 6) is 0.720. The molecule has 92 valence electrons. The van der Waals surface area contributed by atoms with Crippen LogP contribution in [0.25, 0.3) is 0 Å². The predicted molar refractivity (Wildman–Crippen MR) is 70.9 cm³/mol. The quantitative estimate of drug-likeness (QED) is 0.841. The van der Waals surface area contributed by atoms with Gasteiger partial charge in [0, 0.05) is 11.7 Å². The van der Waals surface area contributed by atoms with E-state index in [4.69, 9.17) is 0 Å². The zero-order chi connectivity index (χ0) is 12.9. The van der Waals surface area contributed by atoms with E-state index in [9.17, 15) is 5.26 Å². The summed E-state index contributed by atoms with van der Waals surface area (Å²) in [4.78, 5) is 4.31. The second kappa shape index (κ2) is 5.67. The third-order valence-corrected chi connectivity index (χ3v) is 3.69. The average molecular weight is 231 g/mol. The normalized spacial score (nSPS) is 11.0. The minimum Gasteiger partial charge on any atom is -0.364 e. The summed E-state index contributed by atoms with van der Waals surface area (Å²) in [5.41, 5.74) is 1.68. The fraction of sp³-hybridized carbons (Fsp3) is 0.571. The molecule has 1 aromatic rings. The topological polar surface area (TPSA) is 48.7 Å². The Kier molecular flexibility index (Phi) is 4.51. The van der Waals surface area contributed by atoms with Gasteiger partial charge in [-0.3, -0.25) is 0 Å². The van der Waals surface area contributed by atoms with Gasteiger partial charge in [-0.25, -0.2) is 4.98 Å². The highest BCUT2D eigenvalue weighted by molar-refractivity contribution is 5.56. The molecule has 0 bridgehead atoms. The molecule has 0 fully saturated rings. The van der Waals surface area contributed by atoms with Gasteiger partial charge in [0.05, 0.1) is 5.56 Å². The zero-order valence-electron chi connectivity index (χ0n) is 11.2. The van der Waals surface area contributed by atoms with E-state index in [1.54, 1.807) is 6.20 Å². The molecule has 0 radical (unpaired) electrons. The molecule has 3 nitrogen and oxygen atoms in total. The van der Waals surface area contributed by atoms with Gasteiger partial charge in [-0.15, -0.1) is 0 Å². The van der Waals surface area contributed by atoms with Crippen molar-refractivity contribution < 1.29 is 0 Å². The number of hydrogen-bond donors (Lipinski definition) is 1. The molecule has 1 N–H and O–H groups in total. The minimum absolute atomic E-state index is 0.0480. The first-order chi connectivity index (χ1) is 8.12. The lowest BCUT2D eigenvalue weighted by molar-refractivity contribution is 0.419. The summed E-state index contributed by atoms with van der Waals surface area (Å²) in [5, 5.41) is 12.7. The monoisotopic (exact) mass is 231 g/mol. The number of anilines is 1. The van der Waals surface area contributed by atoms with E-state index in [-0.39, 0.29) is 5.54 Å². The average Bonchev–Trinajstić information content (AvgIpc) is 2.36. The predicted octanol–water partition coefficient (Wildman–Crippen LogP) is 3.64. The van der Waals surface area contributed by atoms with Crippen LogP contribution < -0.4 is 5.32 Å². The van der Waals surface area contributed by atoms with Crippen LogP contribution in [0.1, 0.15) is 51.2 Å². The Morgan fingerprint density at radius 2 is 1.88 bits per heavy atom. The molecule has 0 unspecified atom stereocenters. The Morgan fingerprint density at radius 3 is 2.35 bits per heavy atom. The van der Waals surface area contributed by atoms with Crippen molar-refractivity contribution in [1.29, 1.82) is 5.26 Å². The molecule has 0 aromatic carbocycles. The Bertz CT molecular complexity index is 406. The number of aromatic nitrogens is 1. The molecule has 3 heteroatoms. The van der Waals surface area contributed by atoms with Crippen molar-refractivity contribution in [2.45, 2.75) is 52.5 Å². The molecule has 0 atom stereocenters. The van der Waals surface area contributed by atoms with Gasteiger partial charge >= 0.3 is 0 Å². The van der Waals surface area contributed by atoms with E-state index in [0.29, 0.717) is 5.56 Å². The molecule has 0 spiro atoms. The number of aryl methyl sites for hydroxylation is 1. The van der Waals surface area contributed by atoms with Gasteiger partial charge < -0.3 is 5.32 Å². The van der Waals surface area contributed by atoms with Crippen molar-refractivity contribution in [3.05, 3.63) is 23.4 Å². The molecule has 0 aliphatic carbocycles. The zero-order valence-corrected chi connectivity index (χ0v) is 11.2. The first-order valence-corrected chi connectivity index (χ1v) is 6.26. The third kappa shape index (κ3) is 2.76. The Morgan fingerprint density at radius 1 is 1.29 bits per heavy atom. The Labute approximate surface area is 104 Å². The van der Waals surface area contributed by atoms with E-state index in [1.165, 1.54) is 0 Å². The maximum absolute atomic E-state index is 9.18. The van der Waals surface area contributed by atoms with Crippen molar-refractivity contribution in [3.63, 3.8) is 0 Å². The Balaban J connectivity index is 3.10. The van der Waals surface area contributed by atoms with Crippen LogP contribution in [0.3, 0.4) is 0 Å². The fourth-order valence-electron chi connectivity index (χ4n) is 2.06. The van der Waals surface area contributed by atoms with Gasteiger partial charge in [-0.1, -0.05) is 20.8 Å². The summed E-state index contributed by atoms with van der Waals surface area (Å²) in [7, 11) is 0. The SMILES string of the molecule is CCC(CC)(CC)Nc1nccc(C)c1C#N. The number of nitrogens with one attached hydrogen (secondary N) is 1. The van der Waals surface area contributed by atoms with Gasteiger partial charge in [0.25, 0.3) is 0 Å². The van der Waals surface area contributed by atoms with Crippen LogP contribution in [0.4, 0.5) is 5.82 Å². The maximum atomic E-state index is 9.18. The second-order valence-corrected chi connectivity index (χ2v) is 4.43. The molecule has 1 rings (SSSR count). The molecule has 1 aromatic heterocycles. The molecule has 0 aliphatic heterocycles. The highest BCUT2D eigenvalue weighted by atomic mass is 15.1. The Hall–Kier alpha value is -1.56. The largest absolute Gasteiger partial charge is 0.364 e. The summed E-state index contributed by atoms with van der Waals surface area (Å²) < 4.78 is 0. The van der Waals surface area contributed by atoms with Crippen molar-refractivity contribution in [2.75, 3.05) is 5.32 Å².